The molecule has 0 radical (unpaired) electrons. The normalized spacial score (nSPS) is 19.3. The summed E-state index contributed by atoms with van der Waals surface area (Å²) in [6, 6.07) is 3.58. The van der Waals surface area contributed by atoms with Crippen LogP contribution in [0.3, 0.4) is 0 Å². The minimum atomic E-state index is -0.609. The molecule has 1 aliphatic heterocycles. The summed E-state index contributed by atoms with van der Waals surface area (Å²) in [4.78, 5) is 34.6. The average Bonchev–Trinajstić information content (AvgIpc) is 2.34. The number of amides is 2. The molecule has 1 aromatic carbocycles. The highest BCUT2D eigenvalue weighted by Gasteiger charge is 2.31. The van der Waals surface area contributed by atoms with E-state index in [9.17, 15) is 19.7 Å². The number of carbonyl (C=O) groups is 2. The number of halogens is 1. The number of rotatable bonds is 2. The summed E-state index contributed by atoms with van der Waals surface area (Å²) in [7, 11) is 0. The summed E-state index contributed by atoms with van der Waals surface area (Å²) in [5.74, 6) is -0.880. The van der Waals surface area contributed by atoms with Crippen LogP contribution in [0.4, 0.5) is 11.4 Å². The van der Waals surface area contributed by atoms with Gasteiger partial charge in [-0.05, 0) is 19.1 Å². The molecule has 0 aromatic heterocycles. The molecule has 0 saturated carbocycles. The van der Waals surface area contributed by atoms with Gasteiger partial charge in [0.15, 0.2) is 0 Å². The molecule has 1 aliphatic rings. The fourth-order valence-corrected chi connectivity index (χ4v) is 2.04. The van der Waals surface area contributed by atoms with Gasteiger partial charge in [-0.3, -0.25) is 25.0 Å². The number of hydrogen-bond donors (Lipinski definition) is 1. The van der Waals surface area contributed by atoms with E-state index in [0.717, 1.165) is 0 Å². The van der Waals surface area contributed by atoms with Gasteiger partial charge in [-0.15, -0.1) is 0 Å². The number of nitro groups is 1. The molecule has 0 spiro atoms. The first kappa shape index (κ1) is 13.3. The Hall–Kier alpha value is -2.15. The highest BCUT2D eigenvalue weighted by Crippen LogP contribution is 2.30. The number of nitrogens with zero attached hydrogens (tertiary/aromatic N) is 2. The van der Waals surface area contributed by atoms with Crippen LogP contribution in [0.5, 0.6) is 0 Å². The molecule has 7 nitrogen and oxygen atoms in total. The van der Waals surface area contributed by atoms with Crippen molar-refractivity contribution in [1.29, 1.82) is 0 Å². The Morgan fingerprint density at radius 2 is 2.16 bits per heavy atom. The molecule has 1 fully saturated rings. The van der Waals surface area contributed by atoms with Crippen LogP contribution < -0.4 is 10.2 Å². The zero-order valence-electron chi connectivity index (χ0n) is 9.92. The van der Waals surface area contributed by atoms with E-state index in [1.165, 1.54) is 23.1 Å². The van der Waals surface area contributed by atoms with Gasteiger partial charge in [0, 0.05) is 11.8 Å². The van der Waals surface area contributed by atoms with Gasteiger partial charge in [-0.1, -0.05) is 11.6 Å². The quantitative estimate of drug-likeness (QED) is 0.498. The van der Waals surface area contributed by atoms with Crippen molar-refractivity contribution in [2.24, 2.45) is 0 Å². The minimum absolute atomic E-state index is 0.00851. The van der Waals surface area contributed by atoms with Crippen molar-refractivity contribution in [3.05, 3.63) is 33.3 Å². The maximum Gasteiger partial charge on any atom is 0.289 e. The number of carbonyl (C=O) groups excluding carboxylic acids is 2. The number of nitrogens with one attached hydrogen (secondary N) is 1. The van der Waals surface area contributed by atoms with Crippen LogP contribution in [-0.2, 0) is 9.59 Å². The van der Waals surface area contributed by atoms with Crippen LogP contribution in [0, 0.1) is 10.1 Å². The third-order valence-corrected chi connectivity index (χ3v) is 3.20. The van der Waals surface area contributed by atoms with Crippen LogP contribution in [0.25, 0.3) is 0 Å². The Labute approximate surface area is 113 Å². The first-order valence-electron chi connectivity index (χ1n) is 5.44. The van der Waals surface area contributed by atoms with Gasteiger partial charge >= 0.3 is 0 Å². The molecule has 0 bridgehead atoms. The molecule has 1 unspecified atom stereocenters. The number of nitro benzene ring substituents is 1. The highest BCUT2D eigenvalue weighted by atomic mass is 35.5. The van der Waals surface area contributed by atoms with Crippen molar-refractivity contribution in [1.82, 2.24) is 5.32 Å². The summed E-state index contributed by atoms with van der Waals surface area (Å²) in [6.45, 7) is 1.58. The molecular formula is C11H10ClN3O4. The van der Waals surface area contributed by atoms with Crippen molar-refractivity contribution in [3.63, 3.8) is 0 Å². The smallest absolute Gasteiger partial charge is 0.289 e. The number of hydrogen-bond acceptors (Lipinski definition) is 5. The third-order valence-electron chi connectivity index (χ3n) is 2.88. The zero-order chi connectivity index (χ0) is 14.2. The van der Waals surface area contributed by atoms with Gasteiger partial charge in [0.05, 0.1) is 11.5 Å². The Morgan fingerprint density at radius 1 is 1.47 bits per heavy atom. The van der Waals surface area contributed by atoms with Crippen molar-refractivity contribution in [2.75, 3.05) is 11.4 Å². The number of piperazine rings is 1. The summed E-state index contributed by atoms with van der Waals surface area (Å²) in [5.41, 5.74) is 0.150. The molecule has 8 heteroatoms. The van der Waals surface area contributed by atoms with Gasteiger partial charge in [-0.25, -0.2) is 0 Å². The van der Waals surface area contributed by atoms with Crippen molar-refractivity contribution in [2.45, 2.75) is 13.0 Å². The van der Waals surface area contributed by atoms with E-state index in [2.05, 4.69) is 5.32 Å². The van der Waals surface area contributed by atoms with Crippen molar-refractivity contribution >= 4 is 34.8 Å². The van der Waals surface area contributed by atoms with Crippen LogP contribution in [0.15, 0.2) is 18.2 Å². The molecule has 0 aliphatic carbocycles. The fraction of sp³-hybridized carbons (Fsp3) is 0.273. The SMILES string of the molecule is CC1C(=O)NC(=O)CN1c1ccc(Cl)c([N+](=O)[O-])c1. The first-order chi connectivity index (χ1) is 8.90. The maximum absolute atomic E-state index is 11.5. The second-order valence-corrected chi connectivity index (χ2v) is 4.52. The lowest BCUT2D eigenvalue weighted by Crippen LogP contribution is -2.57. The topological polar surface area (TPSA) is 92.6 Å². The molecule has 1 atom stereocenters. The molecule has 100 valence electrons. The molecule has 19 heavy (non-hydrogen) atoms. The largest absolute Gasteiger partial charge is 0.350 e. The standard InChI is InChI=1S/C11H10ClN3O4/c1-6-11(17)13-10(16)5-14(6)7-2-3-8(12)9(4-7)15(18)19/h2-4,6H,5H2,1H3,(H,13,16,17). The van der Waals surface area contributed by atoms with E-state index in [0.29, 0.717) is 5.69 Å². The van der Waals surface area contributed by atoms with Crippen LogP contribution in [-0.4, -0.2) is 29.3 Å². The second-order valence-electron chi connectivity index (χ2n) is 4.11. The number of benzene rings is 1. The average molecular weight is 284 g/mol. The van der Waals surface area contributed by atoms with Gasteiger partial charge < -0.3 is 4.90 Å². The van der Waals surface area contributed by atoms with E-state index < -0.39 is 22.8 Å². The highest BCUT2D eigenvalue weighted by molar-refractivity contribution is 6.32. The lowest BCUT2D eigenvalue weighted by atomic mass is 10.1. The van der Waals surface area contributed by atoms with E-state index in [-0.39, 0.29) is 17.3 Å². The van der Waals surface area contributed by atoms with Crippen molar-refractivity contribution in [3.8, 4) is 0 Å². The molecule has 2 amide bonds. The predicted octanol–water partition coefficient (Wildman–Crippen LogP) is 1.10. The van der Waals surface area contributed by atoms with Gasteiger partial charge in [0.25, 0.3) is 5.69 Å². The fourth-order valence-electron chi connectivity index (χ4n) is 1.85. The lowest BCUT2D eigenvalue weighted by Gasteiger charge is -2.33. The van der Waals surface area contributed by atoms with E-state index in [4.69, 9.17) is 11.6 Å². The van der Waals surface area contributed by atoms with E-state index >= 15 is 0 Å². The van der Waals surface area contributed by atoms with E-state index in [1.807, 2.05) is 0 Å². The molecule has 1 aromatic rings. The Morgan fingerprint density at radius 3 is 2.79 bits per heavy atom. The summed E-state index contributed by atoms with van der Waals surface area (Å²) in [6.07, 6.45) is 0. The molecule has 1 N–H and O–H groups in total. The lowest BCUT2D eigenvalue weighted by molar-refractivity contribution is -0.384. The predicted molar refractivity (Wildman–Crippen MR) is 68.1 cm³/mol. The number of imide groups is 1. The van der Waals surface area contributed by atoms with Crippen molar-refractivity contribution < 1.29 is 14.5 Å². The van der Waals surface area contributed by atoms with Gasteiger partial charge in [0.2, 0.25) is 11.8 Å². The summed E-state index contributed by atoms with van der Waals surface area (Å²) in [5, 5.41) is 13.0. The molecule has 1 saturated heterocycles. The summed E-state index contributed by atoms with van der Waals surface area (Å²) < 4.78 is 0. The molecule has 1 heterocycles. The molecule has 2 rings (SSSR count). The Kier molecular flexibility index (Phi) is 3.39. The van der Waals surface area contributed by atoms with E-state index in [1.54, 1.807) is 6.92 Å². The first-order valence-corrected chi connectivity index (χ1v) is 5.82. The molecular weight excluding hydrogens is 274 g/mol. The zero-order valence-corrected chi connectivity index (χ0v) is 10.7. The van der Waals surface area contributed by atoms with Crippen LogP contribution in [0.2, 0.25) is 5.02 Å². The van der Waals surface area contributed by atoms with Crippen LogP contribution in [0.1, 0.15) is 6.92 Å². The van der Waals surface area contributed by atoms with Gasteiger partial charge in [-0.2, -0.15) is 0 Å². The van der Waals surface area contributed by atoms with Crippen LogP contribution >= 0.6 is 11.6 Å². The monoisotopic (exact) mass is 283 g/mol. The maximum atomic E-state index is 11.5. The second kappa shape index (κ2) is 4.85. The Bertz CT molecular complexity index is 575. The third kappa shape index (κ3) is 2.50. The van der Waals surface area contributed by atoms with Gasteiger partial charge in [0.1, 0.15) is 11.1 Å². The minimum Gasteiger partial charge on any atom is -0.350 e. The number of anilines is 1. The Balaban J connectivity index is 2.40. The summed E-state index contributed by atoms with van der Waals surface area (Å²) >= 11 is 5.72.